The van der Waals surface area contributed by atoms with E-state index < -0.39 is 0 Å². The van der Waals surface area contributed by atoms with Gasteiger partial charge in [0.15, 0.2) is 5.82 Å². The van der Waals surface area contributed by atoms with E-state index >= 15 is 0 Å². The minimum absolute atomic E-state index is 0.261. The molecule has 1 heterocycles. The van der Waals surface area contributed by atoms with Gasteiger partial charge in [-0.05, 0) is 12.8 Å². The molecule has 0 amide bonds. The third-order valence-corrected chi connectivity index (χ3v) is 3.62. The molecule has 0 atom stereocenters. The van der Waals surface area contributed by atoms with Gasteiger partial charge in [-0.25, -0.2) is 0 Å². The molecule has 1 aliphatic rings. The summed E-state index contributed by atoms with van der Waals surface area (Å²) >= 11 is 0. The standard InChI is InChI=1S/C15H19N5/c16-14-18-13(11-7-3-1-4-8-11)19-15(20-14)17-12-9-5-2-6-10-12/h1,3-4,7-8,12H,2,5-6,9-10H2,(H3,16,17,18,19,20). The molecule has 1 aromatic heterocycles. The van der Waals surface area contributed by atoms with E-state index in [1.165, 1.54) is 32.1 Å². The van der Waals surface area contributed by atoms with Crippen molar-refractivity contribution in [3.8, 4) is 11.4 Å². The number of nitrogens with zero attached hydrogens (tertiary/aromatic N) is 3. The molecule has 5 heteroatoms. The normalized spacial score (nSPS) is 16.0. The Labute approximate surface area is 118 Å². The van der Waals surface area contributed by atoms with Crippen LogP contribution in [0.2, 0.25) is 0 Å². The van der Waals surface area contributed by atoms with Crippen molar-refractivity contribution in [2.24, 2.45) is 0 Å². The molecule has 5 nitrogen and oxygen atoms in total. The zero-order chi connectivity index (χ0) is 13.8. The Morgan fingerprint density at radius 3 is 2.45 bits per heavy atom. The van der Waals surface area contributed by atoms with Gasteiger partial charge in [0.05, 0.1) is 0 Å². The minimum Gasteiger partial charge on any atom is -0.368 e. The zero-order valence-electron chi connectivity index (χ0n) is 11.4. The third kappa shape index (κ3) is 3.04. The van der Waals surface area contributed by atoms with Crippen molar-refractivity contribution < 1.29 is 0 Å². The maximum atomic E-state index is 5.80. The zero-order valence-corrected chi connectivity index (χ0v) is 11.4. The summed E-state index contributed by atoms with van der Waals surface area (Å²) < 4.78 is 0. The molecule has 1 fully saturated rings. The fraction of sp³-hybridized carbons (Fsp3) is 0.400. The van der Waals surface area contributed by atoms with E-state index in [0.717, 1.165) is 5.56 Å². The van der Waals surface area contributed by atoms with Gasteiger partial charge in [0, 0.05) is 11.6 Å². The van der Waals surface area contributed by atoms with E-state index in [1.807, 2.05) is 30.3 Å². The Morgan fingerprint density at radius 1 is 0.950 bits per heavy atom. The maximum absolute atomic E-state index is 5.80. The third-order valence-electron chi connectivity index (χ3n) is 3.62. The average Bonchev–Trinajstić information content (AvgIpc) is 2.49. The van der Waals surface area contributed by atoms with Crippen LogP contribution in [0.1, 0.15) is 32.1 Å². The molecule has 1 aromatic carbocycles. The number of nitrogens with one attached hydrogen (secondary N) is 1. The van der Waals surface area contributed by atoms with Crippen LogP contribution in [0.25, 0.3) is 11.4 Å². The van der Waals surface area contributed by atoms with Crippen molar-refractivity contribution in [3.05, 3.63) is 30.3 Å². The summed E-state index contributed by atoms with van der Waals surface area (Å²) in [6.07, 6.45) is 6.21. The highest BCUT2D eigenvalue weighted by atomic mass is 15.2. The van der Waals surface area contributed by atoms with Crippen LogP contribution in [0.4, 0.5) is 11.9 Å². The lowest BCUT2D eigenvalue weighted by Gasteiger charge is -2.22. The summed E-state index contributed by atoms with van der Waals surface area (Å²) in [6.45, 7) is 0. The van der Waals surface area contributed by atoms with Gasteiger partial charge >= 0.3 is 0 Å². The van der Waals surface area contributed by atoms with E-state index in [9.17, 15) is 0 Å². The summed E-state index contributed by atoms with van der Waals surface area (Å²) in [4.78, 5) is 12.9. The second-order valence-electron chi connectivity index (χ2n) is 5.19. The lowest BCUT2D eigenvalue weighted by atomic mass is 9.96. The summed E-state index contributed by atoms with van der Waals surface area (Å²) in [7, 11) is 0. The molecule has 0 unspecified atom stereocenters. The lowest BCUT2D eigenvalue weighted by Crippen LogP contribution is -2.24. The Morgan fingerprint density at radius 2 is 1.70 bits per heavy atom. The number of hydrogen-bond donors (Lipinski definition) is 2. The highest BCUT2D eigenvalue weighted by Crippen LogP contribution is 2.22. The Kier molecular flexibility index (Phi) is 3.76. The molecule has 0 saturated heterocycles. The van der Waals surface area contributed by atoms with Crippen molar-refractivity contribution in [3.63, 3.8) is 0 Å². The second-order valence-corrected chi connectivity index (χ2v) is 5.19. The average molecular weight is 269 g/mol. The molecular weight excluding hydrogens is 250 g/mol. The van der Waals surface area contributed by atoms with Crippen molar-refractivity contribution in [2.75, 3.05) is 11.1 Å². The van der Waals surface area contributed by atoms with Crippen LogP contribution in [0.5, 0.6) is 0 Å². The molecule has 0 spiro atoms. The van der Waals surface area contributed by atoms with Gasteiger partial charge in [-0.2, -0.15) is 15.0 Å². The molecule has 1 aliphatic carbocycles. The number of nitrogens with two attached hydrogens (primary N) is 1. The molecule has 2 aromatic rings. The van der Waals surface area contributed by atoms with E-state index in [1.54, 1.807) is 0 Å². The first kappa shape index (κ1) is 12.8. The van der Waals surface area contributed by atoms with Gasteiger partial charge in [0.1, 0.15) is 0 Å². The Bertz CT molecular complexity index is 564. The summed E-state index contributed by atoms with van der Waals surface area (Å²) in [6, 6.07) is 10.3. The SMILES string of the molecule is Nc1nc(NC2CCCCC2)nc(-c2ccccc2)n1. The fourth-order valence-electron chi connectivity index (χ4n) is 2.60. The van der Waals surface area contributed by atoms with Crippen molar-refractivity contribution in [1.82, 2.24) is 15.0 Å². The lowest BCUT2D eigenvalue weighted by molar-refractivity contribution is 0.461. The molecule has 20 heavy (non-hydrogen) atoms. The molecular formula is C15H19N5. The maximum Gasteiger partial charge on any atom is 0.228 e. The van der Waals surface area contributed by atoms with Crippen LogP contribution in [0, 0.1) is 0 Å². The van der Waals surface area contributed by atoms with Crippen LogP contribution >= 0.6 is 0 Å². The first-order valence-corrected chi connectivity index (χ1v) is 7.15. The number of hydrogen-bond acceptors (Lipinski definition) is 5. The summed E-state index contributed by atoms with van der Waals surface area (Å²) in [5, 5.41) is 3.39. The number of aromatic nitrogens is 3. The van der Waals surface area contributed by atoms with Crippen LogP contribution < -0.4 is 11.1 Å². The smallest absolute Gasteiger partial charge is 0.228 e. The van der Waals surface area contributed by atoms with E-state index in [-0.39, 0.29) is 5.95 Å². The van der Waals surface area contributed by atoms with Crippen LogP contribution in [-0.2, 0) is 0 Å². The van der Waals surface area contributed by atoms with Gasteiger partial charge in [0.2, 0.25) is 11.9 Å². The van der Waals surface area contributed by atoms with Gasteiger partial charge in [-0.15, -0.1) is 0 Å². The monoisotopic (exact) mass is 269 g/mol. The topological polar surface area (TPSA) is 76.7 Å². The largest absolute Gasteiger partial charge is 0.368 e. The minimum atomic E-state index is 0.261. The summed E-state index contributed by atoms with van der Waals surface area (Å²) in [5.41, 5.74) is 6.75. The fourth-order valence-corrected chi connectivity index (χ4v) is 2.60. The van der Waals surface area contributed by atoms with Gasteiger partial charge in [-0.1, -0.05) is 49.6 Å². The van der Waals surface area contributed by atoms with Crippen molar-refractivity contribution in [2.45, 2.75) is 38.1 Å². The molecule has 104 valence electrons. The second kappa shape index (κ2) is 5.86. The number of benzene rings is 1. The first-order valence-electron chi connectivity index (χ1n) is 7.15. The van der Waals surface area contributed by atoms with Gasteiger partial charge in [0.25, 0.3) is 0 Å². The van der Waals surface area contributed by atoms with E-state index in [0.29, 0.717) is 17.8 Å². The van der Waals surface area contributed by atoms with E-state index in [4.69, 9.17) is 5.73 Å². The first-order chi connectivity index (χ1) is 9.81. The van der Waals surface area contributed by atoms with Gasteiger partial charge < -0.3 is 11.1 Å². The predicted octanol–water partition coefficient (Wildman–Crippen LogP) is 2.87. The highest BCUT2D eigenvalue weighted by molar-refractivity contribution is 5.57. The molecule has 3 N–H and O–H groups in total. The Hall–Kier alpha value is -2.17. The molecule has 0 aliphatic heterocycles. The summed E-state index contributed by atoms with van der Waals surface area (Å²) in [5.74, 6) is 1.47. The van der Waals surface area contributed by atoms with Crippen molar-refractivity contribution in [1.29, 1.82) is 0 Å². The molecule has 3 rings (SSSR count). The molecule has 0 bridgehead atoms. The quantitative estimate of drug-likeness (QED) is 0.896. The molecule has 0 radical (unpaired) electrons. The molecule has 1 saturated carbocycles. The van der Waals surface area contributed by atoms with Gasteiger partial charge in [-0.3, -0.25) is 0 Å². The van der Waals surface area contributed by atoms with E-state index in [2.05, 4.69) is 20.3 Å². The number of nitrogen functional groups attached to an aromatic ring is 1. The van der Waals surface area contributed by atoms with Crippen LogP contribution in [-0.4, -0.2) is 21.0 Å². The Balaban J connectivity index is 1.83. The highest BCUT2D eigenvalue weighted by Gasteiger charge is 2.15. The van der Waals surface area contributed by atoms with Crippen LogP contribution in [0.15, 0.2) is 30.3 Å². The number of anilines is 2. The van der Waals surface area contributed by atoms with Crippen LogP contribution in [0.3, 0.4) is 0 Å². The predicted molar refractivity (Wildman–Crippen MR) is 80.2 cm³/mol. The number of rotatable bonds is 3. The van der Waals surface area contributed by atoms with Crippen molar-refractivity contribution >= 4 is 11.9 Å².